The second kappa shape index (κ2) is 7.48. The molecule has 0 spiro atoms. The third kappa shape index (κ3) is 5.06. The van der Waals surface area contributed by atoms with Crippen molar-refractivity contribution in [3.05, 3.63) is 46.8 Å². The molecule has 0 atom stereocenters. The Labute approximate surface area is 131 Å². The zero-order chi connectivity index (χ0) is 15.2. The normalized spacial score (nSPS) is 11.1. The van der Waals surface area contributed by atoms with E-state index in [4.69, 9.17) is 16.0 Å². The minimum atomic E-state index is 0.622. The van der Waals surface area contributed by atoms with E-state index in [1.807, 2.05) is 36.2 Å². The zero-order valence-corrected chi connectivity index (χ0v) is 13.5. The Morgan fingerprint density at radius 3 is 2.90 bits per heavy atom. The van der Waals surface area contributed by atoms with Gasteiger partial charge in [-0.3, -0.25) is 0 Å². The number of oxazole rings is 1. The lowest BCUT2D eigenvalue weighted by Crippen LogP contribution is -2.20. The van der Waals surface area contributed by atoms with E-state index in [2.05, 4.69) is 24.1 Å². The van der Waals surface area contributed by atoms with Gasteiger partial charge < -0.3 is 14.6 Å². The Balaban J connectivity index is 1.91. The van der Waals surface area contributed by atoms with Gasteiger partial charge in [-0.25, -0.2) is 0 Å². The number of nitrogens with zero attached hydrogens (tertiary/aromatic N) is 2. The van der Waals surface area contributed by atoms with Crippen LogP contribution < -0.4 is 10.2 Å². The standard InChI is InChI=1S/C16H22ClN3O/c1-12(2)8-18-9-15-11-21-16(19-15)20(3)10-13-5-4-6-14(17)7-13/h4-7,11-12,18H,8-10H2,1-3H3. The van der Waals surface area contributed by atoms with Crippen molar-refractivity contribution in [3.8, 4) is 0 Å². The van der Waals surface area contributed by atoms with Gasteiger partial charge in [0.15, 0.2) is 0 Å². The number of rotatable bonds is 7. The van der Waals surface area contributed by atoms with Gasteiger partial charge in [-0.05, 0) is 30.2 Å². The van der Waals surface area contributed by atoms with Crippen LogP contribution in [0.1, 0.15) is 25.1 Å². The molecular weight excluding hydrogens is 286 g/mol. The molecule has 0 radical (unpaired) electrons. The fourth-order valence-corrected chi connectivity index (χ4v) is 2.23. The molecule has 114 valence electrons. The largest absolute Gasteiger partial charge is 0.432 e. The first-order valence-corrected chi connectivity index (χ1v) is 7.53. The van der Waals surface area contributed by atoms with Gasteiger partial charge in [0.05, 0.1) is 5.69 Å². The Morgan fingerprint density at radius 1 is 1.38 bits per heavy atom. The summed E-state index contributed by atoms with van der Waals surface area (Å²) in [6.07, 6.45) is 1.71. The van der Waals surface area contributed by atoms with Crippen LogP contribution in [0.2, 0.25) is 5.02 Å². The van der Waals surface area contributed by atoms with Crippen molar-refractivity contribution in [1.29, 1.82) is 0 Å². The summed E-state index contributed by atoms with van der Waals surface area (Å²) in [5.41, 5.74) is 2.05. The number of aromatic nitrogens is 1. The quantitative estimate of drug-likeness (QED) is 0.846. The van der Waals surface area contributed by atoms with E-state index in [1.54, 1.807) is 6.26 Å². The molecule has 1 heterocycles. The van der Waals surface area contributed by atoms with E-state index in [0.717, 1.165) is 29.4 Å². The molecule has 2 rings (SSSR count). The minimum absolute atomic E-state index is 0.622. The molecule has 0 amide bonds. The molecule has 0 bridgehead atoms. The molecule has 0 aliphatic carbocycles. The molecule has 0 aliphatic rings. The maximum Gasteiger partial charge on any atom is 0.297 e. The third-order valence-electron chi connectivity index (χ3n) is 3.03. The molecule has 0 aliphatic heterocycles. The lowest BCUT2D eigenvalue weighted by atomic mass is 10.2. The maximum absolute atomic E-state index is 6.00. The number of nitrogens with one attached hydrogen (secondary N) is 1. The predicted octanol–water partition coefficient (Wildman–Crippen LogP) is 3.71. The van der Waals surface area contributed by atoms with Gasteiger partial charge in [0, 0.05) is 25.2 Å². The van der Waals surface area contributed by atoms with Gasteiger partial charge in [-0.15, -0.1) is 0 Å². The number of anilines is 1. The van der Waals surface area contributed by atoms with Crippen molar-refractivity contribution >= 4 is 17.6 Å². The van der Waals surface area contributed by atoms with Crippen LogP contribution >= 0.6 is 11.6 Å². The Bertz CT molecular complexity index is 568. The van der Waals surface area contributed by atoms with Gasteiger partial charge in [0.2, 0.25) is 0 Å². The van der Waals surface area contributed by atoms with Gasteiger partial charge in [-0.2, -0.15) is 4.98 Å². The Hall–Kier alpha value is -1.52. The van der Waals surface area contributed by atoms with Crippen molar-refractivity contribution in [2.45, 2.75) is 26.9 Å². The third-order valence-corrected chi connectivity index (χ3v) is 3.27. The highest BCUT2D eigenvalue weighted by Crippen LogP contribution is 2.17. The van der Waals surface area contributed by atoms with Crippen molar-refractivity contribution in [2.24, 2.45) is 5.92 Å². The van der Waals surface area contributed by atoms with Crippen LogP contribution in [0.25, 0.3) is 0 Å². The van der Waals surface area contributed by atoms with Crippen LogP contribution in [0.5, 0.6) is 0 Å². The minimum Gasteiger partial charge on any atom is -0.432 e. The average Bonchev–Trinajstić information content (AvgIpc) is 2.87. The topological polar surface area (TPSA) is 41.3 Å². The first-order valence-electron chi connectivity index (χ1n) is 7.15. The summed E-state index contributed by atoms with van der Waals surface area (Å²) in [6, 6.07) is 8.43. The summed E-state index contributed by atoms with van der Waals surface area (Å²) in [5.74, 6) is 0.627. The summed E-state index contributed by atoms with van der Waals surface area (Å²) >= 11 is 6.00. The van der Waals surface area contributed by atoms with E-state index in [1.165, 1.54) is 0 Å². The summed E-state index contributed by atoms with van der Waals surface area (Å²) in [5, 5.41) is 4.09. The summed E-state index contributed by atoms with van der Waals surface area (Å²) in [4.78, 5) is 6.46. The molecule has 0 unspecified atom stereocenters. The number of hydrogen-bond donors (Lipinski definition) is 1. The second-order valence-corrected chi connectivity index (χ2v) is 6.07. The molecule has 5 heteroatoms. The van der Waals surface area contributed by atoms with Gasteiger partial charge in [0.1, 0.15) is 6.26 Å². The van der Waals surface area contributed by atoms with E-state index < -0.39 is 0 Å². The summed E-state index contributed by atoms with van der Waals surface area (Å²) < 4.78 is 5.53. The molecule has 2 aromatic rings. The van der Waals surface area contributed by atoms with Crippen LogP contribution in [-0.4, -0.2) is 18.6 Å². The number of hydrogen-bond acceptors (Lipinski definition) is 4. The molecule has 1 aromatic heterocycles. The molecule has 1 N–H and O–H groups in total. The van der Waals surface area contributed by atoms with E-state index in [-0.39, 0.29) is 0 Å². The average molecular weight is 308 g/mol. The highest BCUT2D eigenvalue weighted by Gasteiger charge is 2.10. The van der Waals surface area contributed by atoms with Crippen LogP contribution in [0, 0.1) is 5.92 Å². The summed E-state index contributed by atoms with van der Waals surface area (Å²) in [6.45, 7) is 6.77. The Morgan fingerprint density at radius 2 is 2.19 bits per heavy atom. The van der Waals surface area contributed by atoms with Gasteiger partial charge >= 0.3 is 0 Å². The lowest BCUT2D eigenvalue weighted by Gasteiger charge is -2.14. The first-order chi connectivity index (χ1) is 10.0. The molecule has 1 aromatic carbocycles. The van der Waals surface area contributed by atoms with E-state index in [9.17, 15) is 0 Å². The van der Waals surface area contributed by atoms with Crippen molar-refractivity contribution in [2.75, 3.05) is 18.5 Å². The van der Waals surface area contributed by atoms with Crippen molar-refractivity contribution in [3.63, 3.8) is 0 Å². The number of benzene rings is 1. The molecule has 0 saturated carbocycles. The second-order valence-electron chi connectivity index (χ2n) is 5.63. The smallest absolute Gasteiger partial charge is 0.297 e. The summed E-state index contributed by atoms with van der Waals surface area (Å²) in [7, 11) is 1.96. The van der Waals surface area contributed by atoms with Crippen LogP contribution in [0.3, 0.4) is 0 Å². The van der Waals surface area contributed by atoms with Gasteiger partial charge in [-0.1, -0.05) is 37.6 Å². The SMILES string of the molecule is CC(C)CNCc1coc(N(C)Cc2cccc(Cl)c2)n1. The molecule has 21 heavy (non-hydrogen) atoms. The van der Waals surface area contributed by atoms with E-state index in [0.29, 0.717) is 18.5 Å². The van der Waals surface area contributed by atoms with Crippen molar-refractivity contribution in [1.82, 2.24) is 10.3 Å². The zero-order valence-electron chi connectivity index (χ0n) is 12.8. The van der Waals surface area contributed by atoms with Gasteiger partial charge in [0.25, 0.3) is 6.01 Å². The molecule has 0 fully saturated rings. The molecule has 0 saturated heterocycles. The highest BCUT2D eigenvalue weighted by atomic mass is 35.5. The maximum atomic E-state index is 6.00. The molecule has 4 nitrogen and oxygen atoms in total. The van der Waals surface area contributed by atoms with Crippen LogP contribution in [0.15, 0.2) is 34.9 Å². The van der Waals surface area contributed by atoms with E-state index >= 15 is 0 Å². The molecular formula is C16H22ClN3O. The van der Waals surface area contributed by atoms with Crippen LogP contribution in [-0.2, 0) is 13.1 Å². The Kier molecular flexibility index (Phi) is 5.65. The lowest BCUT2D eigenvalue weighted by molar-refractivity contribution is 0.535. The first kappa shape index (κ1) is 15.9. The predicted molar refractivity (Wildman–Crippen MR) is 86.6 cm³/mol. The van der Waals surface area contributed by atoms with Crippen LogP contribution in [0.4, 0.5) is 6.01 Å². The number of halogens is 1. The fourth-order valence-electron chi connectivity index (χ4n) is 2.02. The monoisotopic (exact) mass is 307 g/mol. The van der Waals surface area contributed by atoms with Crippen molar-refractivity contribution < 1.29 is 4.42 Å². The highest BCUT2D eigenvalue weighted by molar-refractivity contribution is 6.30. The fraction of sp³-hybridized carbons (Fsp3) is 0.438.